The number of hydrogen-bond acceptors (Lipinski definition) is 3. The molecule has 4 heteroatoms. The molecule has 1 atom stereocenters. The van der Waals surface area contributed by atoms with Gasteiger partial charge in [0.25, 0.3) is 5.91 Å². The van der Waals surface area contributed by atoms with E-state index in [-0.39, 0.29) is 11.9 Å². The van der Waals surface area contributed by atoms with Crippen LogP contribution in [0, 0.1) is 6.92 Å². The van der Waals surface area contributed by atoms with Crippen molar-refractivity contribution in [1.29, 1.82) is 0 Å². The molecular formula is C12H19N3O. The molecule has 0 bridgehead atoms. The van der Waals surface area contributed by atoms with Gasteiger partial charge in [-0.25, -0.2) is 0 Å². The zero-order valence-electron chi connectivity index (χ0n) is 9.86. The number of aromatic nitrogens is 1. The molecule has 1 heterocycles. The zero-order chi connectivity index (χ0) is 12.0. The van der Waals surface area contributed by atoms with E-state index in [1.54, 1.807) is 12.3 Å². The molecule has 1 rings (SSSR count). The Morgan fingerprint density at radius 3 is 2.88 bits per heavy atom. The molecular weight excluding hydrogens is 202 g/mol. The first-order valence-corrected chi connectivity index (χ1v) is 5.56. The van der Waals surface area contributed by atoms with Crippen molar-refractivity contribution in [2.75, 3.05) is 6.54 Å². The highest BCUT2D eigenvalue weighted by atomic mass is 16.1. The summed E-state index contributed by atoms with van der Waals surface area (Å²) in [6.07, 6.45) is 3.42. The summed E-state index contributed by atoms with van der Waals surface area (Å²) in [4.78, 5) is 15.7. The van der Waals surface area contributed by atoms with Crippen LogP contribution in [0.15, 0.2) is 18.3 Å². The van der Waals surface area contributed by atoms with E-state index in [1.165, 1.54) is 0 Å². The predicted octanol–water partition coefficient (Wildman–Crippen LogP) is 1.25. The number of hydrogen-bond donors (Lipinski definition) is 2. The molecule has 1 aromatic rings. The fourth-order valence-electron chi connectivity index (χ4n) is 1.33. The Bertz CT molecular complexity index is 333. The van der Waals surface area contributed by atoms with Gasteiger partial charge in [-0.15, -0.1) is 0 Å². The van der Waals surface area contributed by atoms with Crippen LogP contribution in [0.4, 0.5) is 0 Å². The monoisotopic (exact) mass is 221 g/mol. The highest BCUT2D eigenvalue weighted by molar-refractivity contribution is 5.93. The summed E-state index contributed by atoms with van der Waals surface area (Å²) in [5.41, 5.74) is 7.13. The lowest BCUT2D eigenvalue weighted by atomic mass is 10.2. The van der Waals surface area contributed by atoms with Crippen molar-refractivity contribution in [2.24, 2.45) is 5.73 Å². The molecule has 0 aromatic carbocycles. The number of carbonyl (C=O) groups excluding carboxylic acids is 1. The smallest absolute Gasteiger partial charge is 0.252 e. The molecule has 0 saturated carbocycles. The van der Waals surface area contributed by atoms with Crippen molar-refractivity contribution >= 4 is 5.91 Å². The highest BCUT2D eigenvalue weighted by Crippen LogP contribution is 1.99. The molecule has 3 N–H and O–H groups in total. The Kier molecular flexibility index (Phi) is 4.92. The fourth-order valence-corrected chi connectivity index (χ4v) is 1.33. The molecule has 1 aromatic heterocycles. The van der Waals surface area contributed by atoms with Crippen molar-refractivity contribution in [3.05, 3.63) is 29.6 Å². The van der Waals surface area contributed by atoms with Crippen molar-refractivity contribution < 1.29 is 4.79 Å². The lowest BCUT2D eigenvalue weighted by molar-refractivity contribution is 0.0952. The van der Waals surface area contributed by atoms with Gasteiger partial charge >= 0.3 is 0 Å². The van der Waals surface area contributed by atoms with Crippen LogP contribution in [0.25, 0.3) is 0 Å². The van der Waals surface area contributed by atoms with Gasteiger partial charge in [-0.05, 0) is 38.8 Å². The molecule has 0 radical (unpaired) electrons. The minimum atomic E-state index is -0.0721. The number of carbonyl (C=O) groups is 1. The third-order valence-electron chi connectivity index (χ3n) is 2.30. The maximum absolute atomic E-state index is 11.6. The average molecular weight is 221 g/mol. The van der Waals surface area contributed by atoms with Crippen LogP contribution >= 0.6 is 0 Å². The molecule has 0 aliphatic heterocycles. The maximum atomic E-state index is 11.6. The number of nitrogens with one attached hydrogen (secondary N) is 1. The van der Waals surface area contributed by atoms with Crippen LogP contribution in [0.5, 0.6) is 0 Å². The van der Waals surface area contributed by atoms with E-state index in [9.17, 15) is 4.79 Å². The van der Waals surface area contributed by atoms with E-state index in [1.807, 2.05) is 19.9 Å². The van der Waals surface area contributed by atoms with Gasteiger partial charge in [-0.3, -0.25) is 9.78 Å². The van der Waals surface area contributed by atoms with E-state index in [4.69, 9.17) is 5.73 Å². The van der Waals surface area contributed by atoms with Gasteiger partial charge in [0.05, 0.1) is 5.56 Å². The standard InChI is InChI=1S/C12H19N3O/c1-9(13)4-3-7-14-12(16)11-6-5-10(2)15-8-11/h5-6,8-9H,3-4,7,13H2,1-2H3,(H,14,16). The second kappa shape index (κ2) is 6.23. The summed E-state index contributed by atoms with van der Waals surface area (Å²) < 4.78 is 0. The molecule has 0 saturated heterocycles. The third-order valence-corrected chi connectivity index (χ3v) is 2.30. The highest BCUT2D eigenvalue weighted by Gasteiger charge is 2.04. The van der Waals surface area contributed by atoms with Crippen LogP contribution in [-0.4, -0.2) is 23.5 Å². The van der Waals surface area contributed by atoms with Crippen molar-refractivity contribution in [3.63, 3.8) is 0 Å². The Morgan fingerprint density at radius 2 is 2.31 bits per heavy atom. The van der Waals surface area contributed by atoms with Gasteiger partial charge in [-0.1, -0.05) is 0 Å². The number of nitrogens with two attached hydrogens (primary N) is 1. The first-order valence-electron chi connectivity index (χ1n) is 5.56. The van der Waals surface area contributed by atoms with Crippen molar-refractivity contribution in [3.8, 4) is 0 Å². The Morgan fingerprint density at radius 1 is 1.56 bits per heavy atom. The maximum Gasteiger partial charge on any atom is 0.252 e. The van der Waals surface area contributed by atoms with Crippen LogP contribution in [0.3, 0.4) is 0 Å². The van der Waals surface area contributed by atoms with E-state index in [0.717, 1.165) is 18.5 Å². The molecule has 16 heavy (non-hydrogen) atoms. The third kappa shape index (κ3) is 4.40. The van der Waals surface area contributed by atoms with Crippen molar-refractivity contribution in [2.45, 2.75) is 32.7 Å². The molecule has 88 valence electrons. The van der Waals surface area contributed by atoms with Crippen molar-refractivity contribution in [1.82, 2.24) is 10.3 Å². The summed E-state index contributed by atoms with van der Waals surface area (Å²) in [6, 6.07) is 3.80. The second-order valence-corrected chi connectivity index (χ2v) is 4.06. The van der Waals surface area contributed by atoms with Gasteiger partial charge in [-0.2, -0.15) is 0 Å². The molecule has 4 nitrogen and oxygen atoms in total. The molecule has 0 spiro atoms. The van der Waals surface area contributed by atoms with Gasteiger partial charge in [0.2, 0.25) is 0 Å². The summed E-state index contributed by atoms with van der Waals surface area (Å²) >= 11 is 0. The van der Waals surface area contributed by atoms with Crippen LogP contribution in [0.1, 0.15) is 35.8 Å². The second-order valence-electron chi connectivity index (χ2n) is 4.06. The zero-order valence-corrected chi connectivity index (χ0v) is 9.86. The predicted molar refractivity (Wildman–Crippen MR) is 64.2 cm³/mol. The number of aryl methyl sites for hydroxylation is 1. The fraction of sp³-hybridized carbons (Fsp3) is 0.500. The topological polar surface area (TPSA) is 68.0 Å². The molecule has 0 aliphatic carbocycles. The summed E-state index contributed by atoms with van der Waals surface area (Å²) in [5.74, 6) is -0.0721. The lowest BCUT2D eigenvalue weighted by Gasteiger charge is -2.06. The van der Waals surface area contributed by atoms with Crippen LogP contribution in [-0.2, 0) is 0 Å². The van der Waals surface area contributed by atoms with Gasteiger partial charge in [0, 0.05) is 24.5 Å². The molecule has 1 unspecified atom stereocenters. The van der Waals surface area contributed by atoms with Crippen LogP contribution < -0.4 is 11.1 Å². The summed E-state index contributed by atoms with van der Waals surface area (Å²) in [6.45, 7) is 4.52. The Labute approximate surface area is 96.3 Å². The SMILES string of the molecule is Cc1ccc(C(=O)NCCCC(C)N)cn1. The van der Waals surface area contributed by atoms with E-state index in [2.05, 4.69) is 10.3 Å². The first-order chi connectivity index (χ1) is 7.59. The molecule has 1 amide bonds. The Hall–Kier alpha value is -1.42. The van der Waals surface area contributed by atoms with E-state index in [0.29, 0.717) is 12.1 Å². The van der Waals surface area contributed by atoms with Gasteiger partial charge in [0.1, 0.15) is 0 Å². The van der Waals surface area contributed by atoms with Crippen LogP contribution in [0.2, 0.25) is 0 Å². The number of amides is 1. The quantitative estimate of drug-likeness (QED) is 0.735. The lowest BCUT2D eigenvalue weighted by Crippen LogP contribution is -2.26. The molecule has 0 fully saturated rings. The summed E-state index contributed by atoms with van der Waals surface area (Å²) in [7, 11) is 0. The largest absolute Gasteiger partial charge is 0.352 e. The van der Waals surface area contributed by atoms with E-state index < -0.39 is 0 Å². The minimum Gasteiger partial charge on any atom is -0.352 e. The first kappa shape index (κ1) is 12.6. The average Bonchev–Trinajstić information content (AvgIpc) is 2.25. The summed E-state index contributed by atoms with van der Waals surface area (Å²) in [5, 5.41) is 2.84. The molecule has 0 aliphatic rings. The van der Waals surface area contributed by atoms with Gasteiger partial charge in [0.15, 0.2) is 0 Å². The Balaban J connectivity index is 2.32. The number of rotatable bonds is 5. The normalized spacial score (nSPS) is 12.2. The number of pyridine rings is 1. The minimum absolute atomic E-state index is 0.0721. The van der Waals surface area contributed by atoms with E-state index >= 15 is 0 Å². The van der Waals surface area contributed by atoms with Gasteiger partial charge < -0.3 is 11.1 Å². The number of nitrogens with zero attached hydrogens (tertiary/aromatic N) is 1.